The number of hydrogen-bond acceptors (Lipinski definition) is 4. The molecule has 1 N–H and O–H groups in total. The number of halogens is 2. The molecule has 1 aliphatic rings. The number of sulfone groups is 1. The van der Waals surface area contributed by atoms with E-state index in [4.69, 9.17) is 16.7 Å². The van der Waals surface area contributed by atoms with E-state index >= 15 is 0 Å². The first-order chi connectivity index (χ1) is 9.77. The molecule has 1 aromatic rings. The molecule has 2 rings (SSSR count). The molecular weight excluding hydrogens is 321 g/mol. The summed E-state index contributed by atoms with van der Waals surface area (Å²) in [5.74, 6) is -1.65. The van der Waals surface area contributed by atoms with Crippen molar-refractivity contribution < 1.29 is 22.7 Å². The van der Waals surface area contributed by atoms with Crippen LogP contribution >= 0.6 is 11.6 Å². The summed E-state index contributed by atoms with van der Waals surface area (Å²) in [7, 11) is -3.13. The molecule has 116 valence electrons. The topological polar surface area (TPSA) is 74.7 Å². The first kappa shape index (κ1) is 16.2. The minimum absolute atomic E-state index is 0.0372. The van der Waals surface area contributed by atoms with E-state index < -0.39 is 27.7 Å². The average molecular weight is 336 g/mol. The van der Waals surface area contributed by atoms with E-state index in [1.54, 1.807) is 0 Å². The Balaban J connectivity index is 2.18. The van der Waals surface area contributed by atoms with Crippen molar-refractivity contribution in [2.75, 3.05) is 18.1 Å². The monoisotopic (exact) mass is 335 g/mol. The van der Waals surface area contributed by atoms with Gasteiger partial charge in [0.25, 0.3) is 0 Å². The standard InChI is InChI=1S/C13H15ClFNO4S/c14-10-2-1-9(12(15)5-10)6-16(7-13(17)18)11-3-4-21(19,20)8-11/h1-2,5,11H,3-4,6-8H2,(H,17,18). The van der Waals surface area contributed by atoms with Crippen molar-refractivity contribution in [1.29, 1.82) is 0 Å². The van der Waals surface area contributed by atoms with Crippen molar-refractivity contribution in [3.63, 3.8) is 0 Å². The Morgan fingerprint density at radius 2 is 2.19 bits per heavy atom. The van der Waals surface area contributed by atoms with Crippen LogP contribution in [0.15, 0.2) is 18.2 Å². The fraction of sp³-hybridized carbons (Fsp3) is 0.462. The van der Waals surface area contributed by atoms with Crippen LogP contribution in [0.5, 0.6) is 0 Å². The van der Waals surface area contributed by atoms with Gasteiger partial charge in [-0.05, 0) is 18.6 Å². The smallest absolute Gasteiger partial charge is 0.317 e. The predicted octanol–water partition coefficient (Wildman–Crippen LogP) is 1.55. The summed E-state index contributed by atoms with van der Waals surface area (Å²) < 4.78 is 36.9. The lowest BCUT2D eigenvalue weighted by atomic mass is 10.1. The Morgan fingerprint density at radius 3 is 2.71 bits per heavy atom. The second kappa shape index (κ2) is 6.29. The van der Waals surface area contributed by atoms with Crippen LogP contribution in [-0.2, 0) is 21.2 Å². The molecule has 0 saturated carbocycles. The van der Waals surface area contributed by atoms with Crippen molar-refractivity contribution in [1.82, 2.24) is 4.90 Å². The van der Waals surface area contributed by atoms with Crippen LogP contribution < -0.4 is 0 Å². The van der Waals surface area contributed by atoms with Gasteiger partial charge < -0.3 is 5.11 Å². The van der Waals surface area contributed by atoms with Crippen molar-refractivity contribution in [2.45, 2.75) is 19.0 Å². The van der Waals surface area contributed by atoms with E-state index in [0.29, 0.717) is 12.0 Å². The van der Waals surface area contributed by atoms with Crippen LogP contribution in [0, 0.1) is 5.82 Å². The molecule has 0 bridgehead atoms. The van der Waals surface area contributed by atoms with Crippen LogP contribution in [0.1, 0.15) is 12.0 Å². The van der Waals surface area contributed by atoms with Gasteiger partial charge in [-0.2, -0.15) is 0 Å². The van der Waals surface area contributed by atoms with Gasteiger partial charge in [0.05, 0.1) is 18.1 Å². The zero-order chi connectivity index (χ0) is 15.6. The van der Waals surface area contributed by atoms with E-state index in [2.05, 4.69) is 0 Å². The van der Waals surface area contributed by atoms with Gasteiger partial charge in [0.15, 0.2) is 9.84 Å². The Kier molecular flexibility index (Phi) is 4.85. The molecule has 21 heavy (non-hydrogen) atoms. The number of carbonyl (C=O) groups is 1. The normalized spacial score (nSPS) is 20.8. The molecule has 5 nitrogen and oxygen atoms in total. The lowest BCUT2D eigenvalue weighted by Gasteiger charge is -2.26. The lowest BCUT2D eigenvalue weighted by molar-refractivity contribution is -0.139. The lowest BCUT2D eigenvalue weighted by Crippen LogP contribution is -2.39. The predicted molar refractivity (Wildman–Crippen MR) is 76.5 cm³/mol. The molecule has 0 spiro atoms. The zero-order valence-electron chi connectivity index (χ0n) is 11.1. The number of carboxylic acid groups (broad SMARTS) is 1. The Bertz CT molecular complexity index is 650. The second-order valence-electron chi connectivity index (χ2n) is 5.09. The molecule has 1 fully saturated rings. The molecular formula is C13H15ClFNO4S. The minimum Gasteiger partial charge on any atom is -0.480 e. The van der Waals surface area contributed by atoms with E-state index in [1.165, 1.54) is 17.0 Å². The summed E-state index contributed by atoms with van der Waals surface area (Å²) in [5, 5.41) is 9.21. The average Bonchev–Trinajstić information content (AvgIpc) is 2.71. The molecule has 0 aromatic heterocycles. The van der Waals surface area contributed by atoms with Crippen LogP contribution in [-0.4, -0.2) is 48.5 Å². The van der Waals surface area contributed by atoms with Crippen molar-refractivity contribution in [2.24, 2.45) is 0 Å². The number of benzene rings is 1. The Labute approximate surface area is 127 Å². The third-order valence-electron chi connectivity index (χ3n) is 3.45. The third kappa shape index (κ3) is 4.39. The van der Waals surface area contributed by atoms with Crippen LogP contribution in [0.2, 0.25) is 5.02 Å². The van der Waals surface area contributed by atoms with Crippen LogP contribution in [0.25, 0.3) is 0 Å². The fourth-order valence-electron chi connectivity index (χ4n) is 2.42. The minimum atomic E-state index is -3.13. The maximum atomic E-state index is 13.8. The van der Waals surface area contributed by atoms with E-state index in [1.807, 2.05) is 0 Å². The molecule has 1 saturated heterocycles. The molecule has 1 atom stereocenters. The van der Waals surface area contributed by atoms with Crippen molar-refractivity contribution in [3.8, 4) is 0 Å². The molecule has 0 amide bonds. The van der Waals surface area contributed by atoms with Crippen molar-refractivity contribution in [3.05, 3.63) is 34.6 Å². The van der Waals surface area contributed by atoms with Gasteiger partial charge in [-0.25, -0.2) is 12.8 Å². The number of carboxylic acids is 1. The Hall–Kier alpha value is -1.18. The van der Waals surface area contributed by atoms with Crippen molar-refractivity contribution >= 4 is 27.4 Å². The number of nitrogens with zero attached hydrogens (tertiary/aromatic N) is 1. The van der Waals surface area contributed by atoms with Crippen LogP contribution in [0.3, 0.4) is 0 Å². The number of rotatable bonds is 5. The van der Waals surface area contributed by atoms with E-state index in [-0.39, 0.29) is 29.6 Å². The van der Waals surface area contributed by atoms with Gasteiger partial charge in [0.1, 0.15) is 5.82 Å². The van der Waals surface area contributed by atoms with E-state index in [9.17, 15) is 17.6 Å². The molecule has 1 aromatic carbocycles. The largest absolute Gasteiger partial charge is 0.480 e. The van der Waals surface area contributed by atoms with E-state index in [0.717, 1.165) is 6.07 Å². The van der Waals surface area contributed by atoms with Gasteiger partial charge in [0.2, 0.25) is 0 Å². The quantitative estimate of drug-likeness (QED) is 0.883. The highest BCUT2D eigenvalue weighted by molar-refractivity contribution is 7.91. The van der Waals surface area contributed by atoms with Gasteiger partial charge in [-0.1, -0.05) is 17.7 Å². The molecule has 1 unspecified atom stereocenters. The zero-order valence-corrected chi connectivity index (χ0v) is 12.7. The summed E-state index contributed by atoms with van der Waals surface area (Å²) in [4.78, 5) is 12.4. The third-order valence-corrected chi connectivity index (χ3v) is 5.44. The molecule has 1 aliphatic heterocycles. The van der Waals surface area contributed by atoms with Gasteiger partial charge in [0, 0.05) is 23.2 Å². The summed E-state index contributed by atoms with van der Waals surface area (Å²) in [6.07, 6.45) is 0.366. The van der Waals surface area contributed by atoms with Crippen LogP contribution in [0.4, 0.5) is 4.39 Å². The number of hydrogen-bond donors (Lipinski definition) is 1. The fourth-order valence-corrected chi connectivity index (χ4v) is 4.34. The molecule has 0 radical (unpaired) electrons. The second-order valence-corrected chi connectivity index (χ2v) is 7.76. The molecule has 0 aliphatic carbocycles. The molecule has 8 heteroatoms. The highest BCUT2D eigenvalue weighted by Crippen LogP contribution is 2.22. The van der Waals surface area contributed by atoms with Gasteiger partial charge >= 0.3 is 5.97 Å². The summed E-state index contributed by atoms with van der Waals surface area (Å²) in [6, 6.07) is 3.75. The Morgan fingerprint density at radius 1 is 1.48 bits per heavy atom. The van der Waals surface area contributed by atoms with Gasteiger partial charge in [-0.15, -0.1) is 0 Å². The SMILES string of the molecule is O=C(O)CN(Cc1ccc(Cl)cc1F)C1CCS(=O)(=O)C1. The summed E-state index contributed by atoms with van der Waals surface area (Å²) in [5.41, 5.74) is 0.296. The summed E-state index contributed by atoms with van der Waals surface area (Å²) >= 11 is 5.68. The first-order valence-corrected chi connectivity index (χ1v) is 8.57. The molecule has 1 heterocycles. The summed E-state index contributed by atoms with van der Waals surface area (Å²) in [6.45, 7) is -0.294. The number of aliphatic carboxylic acids is 1. The highest BCUT2D eigenvalue weighted by Gasteiger charge is 2.33. The maximum absolute atomic E-state index is 13.8. The highest BCUT2D eigenvalue weighted by atomic mass is 35.5. The van der Waals surface area contributed by atoms with Gasteiger partial charge in [-0.3, -0.25) is 9.69 Å². The maximum Gasteiger partial charge on any atom is 0.317 e. The first-order valence-electron chi connectivity index (χ1n) is 6.37.